The van der Waals surface area contributed by atoms with Crippen molar-refractivity contribution < 1.29 is 14.6 Å². The number of rotatable bonds is 2. The summed E-state index contributed by atoms with van der Waals surface area (Å²) in [5.74, 6) is 0.00862. The normalized spacial score (nSPS) is 28.2. The van der Waals surface area contributed by atoms with E-state index in [9.17, 15) is 9.90 Å². The van der Waals surface area contributed by atoms with Gasteiger partial charge in [-0.25, -0.2) is 4.79 Å². The Balaban J connectivity index is 2.07. The second-order valence-corrected chi connectivity index (χ2v) is 5.65. The first-order valence-corrected chi connectivity index (χ1v) is 7.14. The van der Waals surface area contributed by atoms with Gasteiger partial charge in [0.15, 0.2) is 0 Å². The van der Waals surface area contributed by atoms with Crippen molar-refractivity contribution in [3.8, 4) is 0 Å². The van der Waals surface area contributed by atoms with E-state index in [0.29, 0.717) is 26.1 Å². The van der Waals surface area contributed by atoms with Crippen molar-refractivity contribution in [2.24, 2.45) is 5.92 Å². The van der Waals surface area contributed by atoms with Crippen LogP contribution in [0.3, 0.4) is 0 Å². The van der Waals surface area contributed by atoms with Crippen molar-refractivity contribution in [2.75, 3.05) is 19.7 Å². The molecule has 1 fully saturated rings. The number of piperidine rings is 1. The van der Waals surface area contributed by atoms with Gasteiger partial charge >= 0.3 is 6.09 Å². The Morgan fingerprint density at radius 2 is 2.50 bits per heavy atom. The van der Waals surface area contributed by atoms with E-state index < -0.39 is 5.60 Å². The number of carbonyl (C=O) groups excluding carboxylic acids is 1. The van der Waals surface area contributed by atoms with E-state index in [4.69, 9.17) is 4.74 Å². The molecule has 4 nitrogen and oxygen atoms in total. The van der Waals surface area contributed by atoms with Crippen LogP contribution < -0.4 is 0 Å². The highest BCUT2D eigenvalue weighted by molar-refractivity contribution is 7.10. The minimum absolute atomic E-state index is 0.00862. The van der Waals surface area contributed by atoms with Gasteiger partial charge in [-0.05, 0) is 24.8 Å². The molecule has 0 saturated carbocycles. The summed E-state index contributed by atoms with van der Waals surface area (Å²) < 4.78 is 5.00. The van der Waals surface area contributed by atoms with Crippen LogP contribution in [0.15, 0.2) is 17.5 Å². The van der Waals surface area contributed by atoms with Crippen molar-refractivity contribution in [3.63, 3.8) is 0 Å². The summed E-state index contributed by atoms with van der Waals surface area (Å²) in [5.41, 5.74) is -0.808. The number of amides is 1. The van der Waals surface area contributed by atoms with Gasteiger partial charge in [-0.1, -0.05) is 13.0 Å². The Bertz CT molecular complexity index is 406. The fourth-order valence-electron chi connectivity index (χ4n) is 2.40. The molecule has 2 atom stereocenters. The largest absolute Gasteiger partial charge is 0.450 e. The molecule has 0 radical (unpaired) electrons. The summed E-state index contributed by atoms with van der Waals surface area (Å²) in [7, 11) is 0. The molecule has 0 bridgehead atoms. The van der Waals surface area contributed by atoms with Crippen LogP contribution in [-0.2, 0) is 10.3 Å². The van der Waals surface area contributed by atoms with Crippen LogP contribution in [0, 0.1) is 5.92 Å². The number of likely N-dealkylation sites (tertiary alicyclic amines) is 1. The third-order valence-electron chi connectivity index (χ3n) is 3.55. The van der Waals surface area contributed by atoms with E-state index in [1.165, 1.54) is 0 Å². The molecule has 1 aliphatic rings. The highest BCUT2D eigenvalue weighted by atomic mass is 32.1. The Morgan fingerprint density at radius 3 is 3.06 bits per heavy atom. The highest BCUT2D eigenvalue weighted by Gasteiger charge is 2.42. The molecule has 1 aromatic rings. The number of hydrogen-bond acceptors (Lipinski definition) is 4. The molecule has 0 aliphatic carbocycles. The maximum absolute atomic E-state index is 11.7. The molecular weight excluding hydrogens is 250 g/mol. The molecule has 1 aromatic heterocycles. The van der Waals surface area contributed by atoms with Crippen molar-refractivity contribution >= 4 is 17.4 Å². The SMILES string of the molecule is CCOC(=O)N1CCC(O)(c2cccs2)C(C)C1. The van der Waals surface area contributed by atoms with Gasteiger partial charge < -0.3 is 14.7 Å². The maximum Gasteiger partial charge on any atom is 0.409 e. The van der Waals surface area contributed by atoms with Crippen molar-refractivity contribution in [1.82, 2.24) is 4.90 Å². The summed E-state index contributed by atoms with van der Waals surface area (Å²) >= 11 is 1.57. The highest BCUT2D eigenvalue weighted by Crippen LogP contribution is 2.39. The Labute approximate surface area is 111 Å². The van der Waals surface area contributed by atoms with Gasteiger partial charge in [0.05, 0.1) is 6.61 Å². The van der Waals surface area contributed by atoms with Gasteiger partial charge in [-0.3, -0.25) is 0 Å². The molecule has 2 unspecified atom stereocenters. The molecule has 0 aromatic carbocycles. The zero-order chi connectivity index (χ0) is 13.2. The quantitative estimate of drug-likeness (QED) is 0.897. The van der Waals surface area contributed by atoms with Crippen LogP contribution in [0.2, 0.25) is 0 Å². The molecular formula is C13H19NO3S. The van der Waals surface area contributed by atoms with Gasteiger partial charge in [-0.15, -0.1) is 11.3 Å². The minimum atomic E-state index is -0.808. The first-order valence-electron chi connectivity index (χ1n) is 6.26. The molecule has 1 aliphatic heterocycles. The average molecular weight is 269 g/mol. The summed E-state index contributed by atoms with van der Waals surface area (Å²) in [5, 5.41) is 12.7. The molecule has 1 N–H and O–H groups in total. The van der Waals surface area contributed by atoms with Crippen LogP contribution in [0.5, 0.6) is 0 Å². The van der Waals surface area contributed by atoms with Gasteiger partial charge in [0.2, 0.25) is 0 Å². The Hall–Kier alpha value is -1.07. The lowest BCUT2D eigenvalue weighted by molar-refractivity contribution is -0.0647. The molecule has 2 rings (SSSR count). The first kappa shape index (κ1) is 13.4. The van der Waals surface area contributed by atoms with Crippen LogP contribution >= 0.6 is 11.3 Å². The fraction of sp³-hybridized carbons (Fsp3) is 0.615. The second kappa shape index (κ2) is 5.28. The zero-order valence-electron chi connectivity index (χ0n) is 10.8. The topological polar surface area (TPSA) is 49.8 Å². The molecule has 1 amide bonds. The molecule has 1 saturated heterocycles. The first-order chi connectivity index (χ1) is 8.58. The van der Waals surface area contributed by atoms with Crippen molar-refractivity contribution in [3.05, 3.63) is 22.4 Å². The zero-order valence-corrected chi connectivity index (χ0v) is 11.6. The summed E-state index contributed by atoms with van der Waals surface area (Å²) in [6.45, 7) is 5.24. The number of ether oxygens (including phenoxy) is 1. The van der Waals surface area contributed by atoms with E-state index >= 15 is 0 Å². The maximum atomic E-state index is 11.7. The van der Waals surface area contributed by atoms with Crippen LogP contribution in [0.4, 0.5) is 4.79 Å². The van der Waals surface area contributed by atoms with E-state index in [1.807, 2.05) is 24.4 Å². The lowest BCUT2D eigenvalue weighted by atomic mass is 9.81. The lowest BCUT2D eigenvalue weighted by Gasteiger charge is -2.42. The van der Waals surface area contributed by atoms with Gasteiger partial charge in [0.25, 0.3) is 0 Å². The third kappa shape index (κ3) is 2.37. The number of carbonyl (C=O) groups is 1. The summed E-state index contributed by atoms with van der Waals surface area (Å²) in [4.78, 5) is 14.3. The monoisotopic (exact) mass is 269 g/mol. The standard InChI is InChI=1S/C13H19NO3S/c1-3-17-12(15)14-7-6-13(16,10(2)9-14)11-5-4-8-18-11/h4-5,8,10,16H,3,6-7,9H2,1-2H3. The van der Waals surface area contributed by atoms with Gasteiger partial charge in [0, 0.05) is 23.9 Å². The Morgan fingerprint density at radius 1 is 1.72 bits per heavy atom. The van der Waals surface area contributed by atoms with E-state index in [-0.39, 0.29) is 12.0 Å². The number of aliphatic hydroxyl groups is 1. The molecule has 18 heavy (non-hydrogen) atoms. The Kier molecular flexibility index (Phi) is 3.92. The van der Waals surface area contributed by atoms with E-state index in [2.05, 4.69) is 0 Å². The second-order valence-electron chi connectivity index (χ2n) is 4.70. The van der Waals surface area contributed by atoms with Gasteiger partial charge in [-0.2, -0.15) is 0 Å². The summed E-state index contributed by atoms with van der Waals surface area (Å²) in [6, 6.07) is 3.91. The van der Waals surface area contributed by atoms with E-state index in [1.54, 1.807) is 23.2 Å². The smallest absolute Gasteiger partial charge is 0.409 e. The molecule has 100 valence electrons. The van der Waals surface area contributed by atoms with Crippen LogP contribution in [-0.4, -0.2) is 35.8 Å². The van der Waals surface area contributed by atoms with Crippen LogP contribution in [0.25, 0.3) is 0 Å². The number of thiophene rings is 1. The van der Waals surface area contributed by atoms with Crippen molar-refractivity contribution in [2.45, 2.75) is 25.9 Å². The van der Waals surface area contributed by atoms with Crippen molar-refractivity contribution in [1.29, 1.82) is 0 Å². The number of nitrogens with zero attached hydrogens (tertiary/aromatic N) is 1. The predicted octanol–water partition coefficient (Wildman–Crippen LogP) is 2.43. The third-order valence-corrected chi connectivity index (χ3v) is 4.58. The van der Waals surface area contributed by atoms with Crippen LogP contribution in [0.1, 0.15) is 25.1 Å². The molecule has 2 heterocycles. The predicted molar refractivity (Wildman–Crippen MR) is 70.6 cm³/mol. The summed E-state index contributed by atoms with van der Waals surface area (Å²) in [6.07, 6.45) is 0.283. The fourth-order valence-corrected chi connectivity index (χ4v) is 3.36. The van der Waals surface area contributed by atoms with E-state index in [0.717, 1.165) is 4.88 Å². The van der Waals surface area contributed by atoms with Gasteiger partial charge in [0.1, 0.15) is 5.60 Å². The number of hydrogen-bond donors (Lipinski definition) is 1. The minimum Gasteiger partial charge on any atom is -0.450 e. The molecule has 0 spiro atoms. The average Bonchev–Trinajstić information content (AvgIpc) is 2.87. The molecule has 5 heteroatoms. The lowest BCUT2D eigenvalue weighted by Crippen LogP contribution is -2.50.